The number of carbonyl (C=O) groups excluding carboxylic acids is 2. The van der Waals surface area contributed by atoms with Gasteiger partial charge in [0.1, 0.15) is 17.9 Å². The fourth-order valence-corrected chi connectivity index (χ4v) is 5.28. The Hall–Kier alpha value is -3.82. The number of carboxylic acids is 1. The first-order chi connectivity index (χ1) is 19.2. The number of anilines is 2. The summed E-state index contributed by atoms with van der Waals surface area (Å²) in [6.45, 7) is 0.913. The van der Waals surface area contributed by atoms with Crippen molar-refractivity contribution in [1.82, 2.24) is 9.88 Å². The van der Waals surface area contributed by atoms with Crippen LogP contribution in [0.25, 0.3) is 0 Å². The van der Waals surface area contributed by atoms with E-state index in [1.165, 1.54) is 32.2 Å². The van der Waals surface area contributed by atoms with Crippen molar-refractivity contribution in [3.8, 4) is 11.6 Å². The molecule has 2 aliphatic rings. The zero-order valence-corrected chi connectivity index (χ0v) is 23.4. The third kappa shape index (κ3) is 6.00. The third-order valence-electron chi connectivity index (χ3n) is 6.99. The van der Waals surface area contributed by atoms with Crippen LogP contribution in [-0.2, 0) is 16.0 Å². The number of amides is 2. The molecule has 1 aliphatic carbocycles. The van der Waals surface area contributed by atoms with Gasteiger partial charge in [-0.05, 0) is 55.2 Å². The first-order valence-electron chi connectivity index (χ1n) is 13.0. The van der Waals surface area contributed by atoms with Crippen LogP contribution in [0, 0.1) is 0 Å². The van der Waals surface area contributed by atoms with Gasteiger partial charge in [0.05, 0.1) is 16.4 Å². The van der Waals surface area contributed by atoms with Crippen molar-refractivity contribution in [3.63, 3.8) is 0 Å². The monoisotopic (exact) mass is 582 g/mol. The van der Waals surface area contributed by atoms with E-state index in [0.29, 0.717) is 28.7 Å². The number of carbonyl (C=O) groups is 3. The maximum atomic E-state index is 13.8. The lowest BCUT2D eigenvalue weighted by Gasteiger charge is -2.38. The van der Waals surface area contributed by atoms with E-state index >= 15 is 0 Å². The number of rotatable bonds is 9. The van der Waals surface area contributed by atoms with Crippen molar-refractivity contribution >= 4 is 52.4 Å². The van der Waals surface area contributed by atoms with E-state index in [0.717, 1.165) is 22.8 Å². The summed E-state index contributed by atoms with van der Waals surface area (Å²) < 4.78 is 6.03. The van der Waals surface area contributed by atoms with Crippen LogP contribution in [0.5, 0.6) is 11.6 Å². The van der Waals surface area contributed by atoms with E-state index in [1.807, 2.05) is 18.2 Å². The van der Waals surface area contributed by atoms with Gasteiger partial charge in [0.15, 0.2) is 0 Å². The van der Waals surface area contributed by atoms with E-state index in [-0.39, 0.29) is 47.9 Å². The van der Waals surface area contributed by atoms with Crippen LogP contribution < -0.4 is 14.5 Å². The van der Waals surface area contributed by atoms with Gasteiger partial charge in [0.25, 0.3) is 5.91 Å². The molecule has 0 radical (unpaired) electrons. The Morgan fingerprint density at radius 2 is 1.80 bits per heavy atom. The van der Waals surface area contributed by atoms with Gasteiger partial charge in [-0.15, -0.1) is 0 Å². The van der Waals surface area contributed by atoms with Crippen LogP contribution in [0.2, 0.25) is 10.0 Å². The molecule has 9 nitrogen and oxygen atoms in total. The molecular weight excluding hydrogens is 555 g/mol. The highest BCUT2D eigenvalue weighted by atomic mass is 35.5. The molecule has 0 bridgehead atoms. The van der Waals surface area contributed by atoms with Crippen LogP contribution >= 0.6 is 23.2 Å². The molecule has 0 atom stereocenters. The highest BCUT2D eigenvalue weighted by molar-refractivity contribution is 6.34. The van der Waals surface area contributed by atoms with Crippen molar-refractivity contribution in [2.75, 3.05) is 36.5 Å². The number of carboxylic acid groups (broad SMARTS) is 1. The van der Waals surface area contributed by atoms with Crippen molar-refractivity contribution in [3.05, 3.63) is 75.9 Å². The van der Waals surface area contributed by atoms with Crippen molar-refractivity contribution < 1.29 is 24.2 Å². The summed E-state index contributed by atoms with van der Waals surface area (Å²) in [5, 5.41) is 9.43. The maximum Gasteiger partial charge on any atom is 0.323 e. The van der Waals surface area contributed by atoms with Crippen molar-refractivity contribution in [1.29, 1.82) is 0 Å². The van der Waals surface area contributed by atoms with Gasteiger partial charge in [-0.1, -0.05) is 35.3 Å². The Labute approximate surface area is 241 Å². The Bertz CT molecular complexity index is 1460. The molecule has 5 rings (SSSR count). The minimum atomic E-state index is -1.09. The Morgan fingerprint density at radius 3 is 2.52 bits per heavy atom. The number of pyridine rings is 1. The molecule has 1 saturated carbocycles. The van der Waals surface area contributed by atoms with Crippen molar-refractivity contribution in [2.24, 2.45) is 0 Å². The average Bonchev–Trinajstić information content (AvgIpc) is 3.78. The molecule has 1 N–H and O–H groups in total. The smallest absolute Gasteiger partial charge is 0.323 e. The van der Waals surface area contributed by atoms with Gasteiger partial charge in [-0.25, -0.2) is 4.98 Å². The number of aromatic nitrogens is 1. The van der Waals surface area contributed by atoms with E-state index in [1.54, 1.807) is 23.1 Å². The zero-order valence-electron chi connectivity index (χ0n) is 21.8. The standard InChI is InChI=1S/C29H28Cl2N4O5/c1-33(17-27(37)38)26(36)11-8-18-15-22(31)25(16-21(18)30)40-28-20(5-4-12-32-28)29(39)35-14-13-34(19-9-10-19)23-6-2-3-7-24(23)35/h2-7,12,15-16,19H,8-11,13-14,17H2,1H3,(H,37,38). The van der Waals surface area contributed by atoms with E-state index < -0.39 is 5.97 Å². The molecule has 1 fully saturated rings. The minimum Gasteiger partial charge on any atom is -0.480 e. The fraction of sp³-hybridized carbons (Fsp3) is 0.310. The van der Waals surface area contributed by atoms with Crippen LogP contribution in [0.4, 0.5) is 11.4 Å². The Balaban J connectivity index is 1.33. The summed E-state index contributed by atoms with van der Waals surface area (Å²) in [6, 6.07) is 14.9. The molecule has 2 aromatic carbocycles. The molecule has 1 aromatic heterocycles. The quantitative estimate of drug-likeness (QED) is 0.366. The fourth-order valence-electron chi connectivity index (χ4n) is 4.81. The molecule has 0 unspecified atom stereocenters. The first kappa shape index (κ1) is 27.7. The molecule has 1 aliphatic heterocycles. The van der Waals surface area contributed by atoms with Gasteiger partial charge in [-0.2, -0.15) is 0 Å². The zero-order chi connectivity index (χ0) is 28.4. The molecule has 208 valence electrons. The number of halogens is 2. The van der Waals surface area contributed by atoms with Gasteiger partial charge >= 0.3 is 5.97 Å². The van der Waals surface area contributed by atoms with E-state index in [4.69, 9.17) is 33.0 Å². The van der Waals surface area contributed by atoms with Crippen LogP contribution in [0.3, 0.4) is 0 Å². The second kappa shape index (κ2) is 11.7. The van der Waals surface area contributed by atoms with Gasteiger partial charge in [0.2, 0.25) is 11.8 Å². The summed E-state index contributed by atoms with van der Waals surface area (Å²) in [7, 11) is 1.43. The number of para-hydroxylation sites is 2. The second-order valence-corrected chi connectivity index (χ2v) is 10.7. The normalized spacial score (nSPS) is 14.5. The number of likely N-dealkylation sites (N-methyl/N-ethyl adjacent to an activating group) is 1. The van der Waals surface area contributed by atoms with Gasteiger partial charge < -0.3 is 24.5 Å². The highest BCUT2D eigenvalue weighted by Gasteiger charge is 2.36. The molecule has 3 aromatic rings. The maximum absolute atomic E-state index is 13.8. The topological polar surface area (TPSA) is 103 Å². The minimum absolute atomic E-state index is 0.0639. The molecular formula is C29H28Cl2N4O5. The molecule has 40 heavy (non-hydrogen) atoms. The number of hydrogen-bond acceptors (Lipinski definition) is 6. The summed E-state index contributed by atoms with van der Waals surface area (Å²) in [6.07, 6.45) is 4.20. The predicted octanol–water partition coefficient (Wildman–Crippen LogP) is 5.29. The SMILES string of the molecule is CN(CC(=O)O)C(=O)CCc1cc(Cl)c(Oc2ncccc2C(=O)N2CCN(C3CC3)c3ccccc32)cc1Cl. The molecule has 11 heteroatoms. The second-order valence-electron chi connectivity index (χ2n) is 9.85. The lowest BCUT2D eigenvalue weighted by molar-refractivity contribution is -0.143. The predicted molar refractivity (Wildman–Crippen MR) is 153 cm³/mol. The summed E-state index contributed by atoms with van der Waals surface area (Å²) in [4.78, 5) is 46.5. The lowest BCUT2D eigenvalue weighted by Crippen LogP contribution is -2.45. The summed E-state index contributed by atoms with van der Waals surface area (Å²) >= 11 is 13.0. The number of benzene rings is 2. The number of fused-ring (bicyclic) bond motifs is 1. The number of nitrogens with zero attached hydrogens (tertiary/aromatic N) is 4. The Morgan fingerprint density at radius 1 is 1.05 bits per heavy atom. The largest absolute Gasteiger partial charge is 0.480 e. The lowest BCUT2D eigenvalue weighted by atomic mass is 10.1. The summed E-state index contributed by atoms with van der Waals surface area (Å²) in [5.41, 5.74) is 2.81. The van der Waals surface area contributed by atoms with Gasteiger partial charge in [0, 0.05) is 49.9 Å². The van der Waals surface area contributed by atoms with Crippen LogP contribution in [0.15, 0.2) is 54.7 Å². The molecule has 0 spiro atoms. The van der Waals surface area contributed by atoms with Crippen LogP contribution in [-0.4, -0.2) is 65.5 Å². The molecule has 2 amide bonds. The number of aryl methyl sites for hydroxylation is 1. The molecule has 2 heterocycles. The number of aliphatic carboxylic acids is 1. The number of hydrogen-bond donors (Lipinski definition) is 1. The summed E-state index contributed by atoms with van der Waals surface area (Å²) in [5.74, 6) is -1.32. The van der Waals surface area contributed by atoms with Crippen LogP contribution in [0.1, 0.15) is 35.2 Å². The van der Waals surface area contributed by atoms with E-state index in [9.17, 15) is 14.4 Å². The van der Waals surface area contributed by atoms with E-state index in [2.05, 4.69) is 16.0 Å². The third-order valence-corrected chi connectivity index (χ3v) is 7.64. The molecule has 0 saturated heterocycles. The van der Waals surface area contributed by atoms with Gasteiger partial charge in [-0.3, -0.25) is 14.4 Å². The number of ether oxygens (including phenoxy) is 1. The highest BCUT2D eigenvalue weighted by Crippen LogP contribution is 2.41. The average molecular weight is 583 g/mol. The van der Waals surface area contributed by atoms with Crippen molar-refractivity contribution in [2.45, 2.75) is 31.7 Å². The Kier molecular flexibility index (Phi) is 8.14. The first-order valence-corrected chi connectivity index (χ1v) is 13.7.